The van der Waals surface area contributed by atoms with Crippen LogP contribution in [-0.2, 0) is 4.79 Å². The Labute approximate surface area is 162 Å². The predicted molar refractivity (Wildman–Crippen MR) is 103 cm³/mol. The Morgan fingerprint density at radius 1 is 1.04 bits per heavy atom. The van der Waals surface area contributed by atoms with Crippen molar-refractivity contribution in [1.82, 2.24) is 0 Å². The summed E-state index contributed by atoms with van der Waals surface area (Å²) in [5.41, 5.74) is 2.68. The summed E-state index contributed by atoms with van der Waals surface area (Å²) >= 11 is 0. The number of carbonyl (C=O) groups is 2. The van der Waals surface area contributed by atoms with Crippen molar-refractivity contribution in [1.29, 1.82) is 0 Å². The maximum atomic E-state index is 12.7. The molecule has 2 aromatic rings. The number of Topliss-reactive ketones (excluding diaryl/α,β-unsaturated/α-hetero) is 1. The predicted octanol–water partition coefficient (Wildman–Crippen LogP) is 4.30. The molecule has 3 heterocycles. The smallest absolute Gasteiger partial charge is 0.312 e. The van der Waals surface area contributed by atoms with Crippen LogP contribution < -0.4 is 14.2 Å². The highest BCUT2D eigenvalue weighted by atomic mass is 16.5. The summed E-state index contributed by atoms with van der Waals surface area (Å²) in [5.74, 6) is 1.33. The molecule has 5 nitrogen and oxygen atoms in total. The van der Waals surface area contributed by atoms with E-state index in [0.29, 0.717) is 30.1 Å². The minimum atomic E-state index is -0.602. The van der Waals surface area contributed by atoms with Gasteiger partial charge in [0.2, 0.25) is 0 Å². The molecular weight excluding hydrogens is 356 g/mol. The first kappa shape index (κ1) is 17.0. The molecule has 0 saturated carbocycles. The number of hydrogen-bond donors (Lipinski definition) is 0. The van der Waals surface area contributed by atoms with Crippen LogP contribution in [0.2, 0.25) is 0 Å². The molecule has 0 amide bonds. The summed E-state index contributed by atoms with van der Waals surface area (Å²) < 4.78 is 17.6. The number of esters is 1. The third-order valence-corrected chi connectivity index (χ3v) is 5.47. The lowest BCUT2D eigenvalue weighted by Crippen LogP contribution is -2.37. The SMILES string of the molecule is CC1(C)CC(=O)c2ccc3c(c2O1)[C@H](C1=Cc2ccccc2OC1)CC(=O)O3. The van der Waals surface area contributed by atoms with E-state index in [1.165, 1.54) is 0 Å². The molecule has 0 N–H and O–H groups in total. The zero-order chi connectivity index (χ0) is 19.5. The van der Waals surface area contributed by atoms with Crippen molar-refractivity contribution in [3.63, 3.8) is 0 Å². The van der Waals surface area contributed by atoms with Gasteiger partial charge >= 0.3 is 5.97 Å². The highest BCUT2D eigenvalue weighted by Crippen LogP contribution is 2.49. The van der Waals surface area contributed by atoms with Crippen LogP contribution in [0.25, 0.3) is 6.08 Å². The fraction of sp³-hybridized carbons (Fsp3) is 0.304. The second-order valence-electron chi connectivity index (χ2n) is 8.09. The molecule has 0 aliphatic carbocycles. The van der Waals surface area contributed by atoms with E-state index in [-0.39, 0.29) is 24.1 Å². The van der Waals surface area contributed by atoms with Gasteiger partial charge in [-0.3, -0.25) is 9.59 Å². The molecule has 142 valence electrons. The summed E-state index contributed by atoms with van der Waals surface area (Å²) in [5, 5.41) is 0. The molecule has 0 radical (unpaired) electrons. The number of para-hydroxylation sites is 1. The molecule has 0 spiro atoms. The Bertz CT molecular complexity index is 1050. The zero-order valence-electron chi connectivity index (χ0n) is 15.8. The van der Waals surface area contributed by atoms with Gasteiger partial charge in [0.05, 0.1) is 18.4 Å². The molecule has 0 saturated heterocycles. The lowest BCUT2D eigenvalue weighted by Gasteiger charge is -2.37. The minimum absolute atomic E-state index is 0.0453. The maximum absolute atomic E-state index is 12.7. The lowest BCUT2D eigenvalue weighted by molar-refractivity contribution is -0.135. The topological polar surface area (TPSA) is 61.8 Å². The van der Waals surface area contributed by atoms with Crippen LogP contribution in [0, 0.1) is 0 Å². The van der Waals surface area contributed by atoms with Gasteiger partial charge in [-0.25, -0.2) is 0 Å². The number of benzene rings is 2. The van der Waals surface area contributed by atoms with E-state index in [4.69, 9.17) is 14.2 Å². The van der Waals surface area contributed by atoms with Crippen molar-refractivity contribution in [3.8, 4) is 17.2 Å². The van der Waals surface area contributed by atoms with Crippen molar-refractivity contribution in [2.45, 2.75) is 38.2 Å². The van der Waals surface area contributed by atoms with E-state index >= 15 is 0 Å². The van der Waals surface area contributed by atoms with Gasteiger partial charge in [0, 0.05) is 17.0 Å². The van der Waals surface area contributed by atoms with Crippen LogP contribution in [0.1, 0.15) is 54.1 Å². The van der Waals surface area contributed by atoms with Crippen LogP contribution in [-0.4, -0.2) is 24.0 Å². The van der Waals surface area contributed by atoms with Crippen molar-refractivity contribution >= 4 is 17.8 Å². The van der Waals surface area contributed by atoms with Crippen LogP contribution in [0.4, 0.5) is 0 Å². The van der Waals surface area contributed by atoms with Crippen LogP contribution >= 0.6 is 0 Å². The average Bonchev–Trinajstić information content (AvgIpc) is 2.65. The van der Waals surface area contributed by atoms with Gasteiger partial charge in [0.15, 0.2) is 5.78 Å². The Morgan fingerprint density at radius 2 is 1.86 bits per heavy atom. The van der Waals surface area contributed by atoms with Gasteiger partial charge in [-0.1, -0.05) is 18.2 Å². The summed E-state index contributed by atoms with van der Waals surface area (Å²) in [4.78, 5) is 25.0. The Morgan fingerprint density at radius 3 is 2.71 bits per heavy atom. The first-order valence-electron chi connectivity index (χ1n) is 9.43. The fourth-order valence-electron chi connectivity index (χ4n) is 4.21. The third-order valence-electron chi connectivity index (χ3n) is 5.47. The quantitative estimate of drug-likeness (QED) is 0.549. The summed E-state index contributed by atoms with van der Waals surface area (Å²) in [6, 6.07) is 11.2. The monoisotopic (exact) mass is 376 g/mol. The molecule has 0 aromatic heterocycles. The summed E-state index contributed by atoms with van der Waals surface area (Å²) in [6.07, 6.45) is 2.59. The number of carbonyl (C=O) groups excluding carboxylic acids is 2. The van der Waals surface area contributed by atoms with Gasteiger partial charge in [0.25, 0.3) is 0 Å². The van der Waals surface area contributed by atoms with Gasteiger partial charge in [-0.15, -0.1) is 0 Å². The number of ketones is 1. The second-order valence-corrected chi connectivity index (χ2v) is 8.09. The van der Waals surface area contributed by atoms with E-state index in [2.05, 4.69) is 6.08 Å². The first-order valence-corrected chi connectivity index (χ1v) is 9.43. The number of ether oxygens (including phenoxy) is 3. The van der Waals surface area contributed by atoms with Crippen molar-refractivity contribution in [2.24, 2.45) is 0 Å². The molecule has 28 heavy (non-hydrogen) atoms. The maximum Gasteiger partial charge on any atom is 0.312 e. The Kier molecular flexibility index (Phi) is 3.63. The molecule has 5 heteroatoms. The highest BCUT2D eigenvalue weighted by molar-refractivity contribution is 6.01. The highest BCUT2D eigenvalue weighted by Gasteiger charge is 2.40. The molecule has 0 bridgehead atoms. The van der Waals surface area contributed by atoms with Gasteiger partial charge in [-0.2, -0.15) is 0 Å². The van der Waals surface area contributed by atoms with E-state index in [1.54, 1.807) is 12.1 Å². The van der Waals surface area contributed by atoms with E-state index in [0.717, 1.165) is 22.4 Å². The van der Waals surface area contributed by atoms with E-state index < -0.39 is 5.60 Å². The second kappa shape index (κ2) is 5.96. The van der Waals surface area contributed by atoms with Crippen LogP contribution in [0.15, 0.2) is 42.0 Å². The number of rotatable bonds is 1. The van der Waals surface area contributed by atoms with Crippen LogP contribution in [0.5, 0.6) is 17.2 Å². The van der Waals surface area contributed by atoms with E-state index in [9.17, 15) is 9.59 Å². The molecular formula is C23H20O5. The largest absolute Gasteiger partial charge is 0.489 e. The van der Waals surface area contributed by atoms with Crippen molar-refractivity contribution in [3.05, 3.63) is 58.7 Å². The van der Waals surface area contributed by atoms with Gasteiger partial charge < -0.3 is 14.2 Å². The third kappa shape index (κ3) is 2.70. The van der Waals surface area contributed by atoms with Crippen molar-refractivity contribution < 1.29 is 23.8 Å². The standard InChI is InChI=1S/C23H20O5/c1-23(2)11-17(24)15-7-8-19-21(22(15)28-23)16(10-20(25)27-19)14-9-13-5-3-4-6-18(13)26-12-14/h3-9,16H,10-12H2,1-2H3/t16-/m0/s1. The zero-order valence-corrected chi connectivity index (χ0v) is 15.8. The molecule has 1 atom stereocenters. The number of hydrogen-bond acceptors (Lipinski definition) is 5. The average molecular weight is 376 g/mol. The summed E-state index contributed by atoms with van der Waals surface area (Å²) in [6.45, 7) is 4.18. The molecule has 0 fully saturated rings. The number of fused-ring (bicyclic) bond motifs is 4. The van der Waals surface area contributed by atoms with Crippen molar-refractivity contribution in [2.75, 3.05) is 6.61 Å². The molecule has 3 aliphatic rings. The molecule has 2 aromatic carbocycles. The molecule has 0 unspecified atom stereocenters. The summed E-state index contributed by atoms with van der Waals surface area (Å²) in [7, 11) is 0. The lowest BCUT2D eigenvalue weighted by atomic mass is 9.81. The normalized spacial score (nSPS) is 21.9. The molecule has 3 aliphatic heterocycles. The van der Waals surface area contributed by atoms with Gasteiger partial charge in [-0.05, 0) is 43.7 Å². The molecule has 5 rings (SSSR count). The van der Waals surface area contributed by atoms with E-state index in [1.807, 2.05) is 38.1 Å². The Hall–Kier alpha value is -3.08. The van der Waals surface area contributed by atoms with Crippen LogP contribution in [0.3, 0.4) is 0 Å². The van der Waals surface area contributed by atoms with Gasteiger partial charge in [0.1, 0.15) is 29.5 Å². The Balaban J connectivity index is 1.67. The fourth-order valence-corrected chi connectivity index (χ4v) is 4.21. The first-order chi connectivity index (χ1) is 13.4. The minimum Gasteiger partial charge on any atom is -0.489 e.